The van der Waals surface area contributed by atoms with E-state index in [1.807, 2.05) is 58.3 Å². The smallest absolute Gasteiger partial charge is 0.328 e. The highest BCUT2D eigenvalue weighted by Gasteiger charge is 2.16. The van der Waals surface area contributed by atoms with Gasteiger partial charge in [-0.05, 0) is 18.2 Å². The topological polar surface area (TPSA) is 57.8 Å². The third kappa shape index (κ3) is 2.53. The Kier molecular flexibility index (Phi) is 3.45. The fraction of sp³-hybridized carbons (Fsp3) is 0.0667. The summed E-state index contributed by atoms with van der Waals surface area (Å²) in [6.07, 6.45) is 4.59. The van der Waals surface area contributed by atoms with Crippen LogP contribution in [-0.2, 0) is 4.79 Å². The molecule has 0 aliphatic rings. The number of aromatic nitrogens is 2. The lowest BCUT2D eigenvalue weighted by molar-refractivity contribution is -0.131. The Bertz CT molecular complexity index is 805. The van der Waals surface area contributed by atoms with Crippen molar-refractivity contribution in [2.24, 2.45) is 0 Å². The van der Waals surface area contributed by atoms with E-state index in [0.717, 1.165) is 28.2 Å². The van der Waals surface area contributed by atoms with Gasteiger partial charge in [0, 0.05) is 30.4 Å². The summed E-state index contributed by atoms with van der Waals surface area (Å²) in [5.41, 5.74) is 1.74. The van der Waals surface area contributed by atoms with Crippen molar-refractivity contribution in [2.45, 2.75) is 0 Å². The molecule has 0 aliphatic carbocycles. The summed E-state index contributed by atoms with van der Waals surface area (Å²) in [6.45, 7) is 0. The molecule has 2 aromatic heterocycles. The molecule has 21 heavy (non-hydrogen) atoms. The summed E-state index contributed by atoms with van der Waals surface area (Å²) in [5, 5.41) is 10.8. The highest BCUT2D eigenvalue weighted by Crippen LogP contribution is 2.29. The monoisotopic (exact) mass is 299 g/mol. The van der Waals surface area contributed by atoms with Crippen LogP contribution in [0.15, 0.2) is 48.0 Å². The van der Waals surface area contributed by atoms with Crippen LogP contribution in [0.3, 0.4) is 0 Å². The van der Waals surface area contributed by atoms with Crippen LogP contribution in [0.4, 0.5) is 11.5 Å². The molecule has 3 aromatic rings. The quantitative estimate of drug-likeness (QED) is 0.751. The van der Waals surface area contributed by atoms with Gasteiger partial charge in [-0.2, -0.15) is 0 Å². The fourth-order valence-corrected chi connectivity index (χ4v) is 2.83. The van der Waals surface area contributed by atoms with Crippen molar-refractivity contribution >= 4 is 39.8 Å². The first-order chi connectivity index (χ1) is 10.2. The Morgan fingerprint density at radius 2 is 2.14 bits per heavy atom. The number of hydrogen-bond acceptors (Lipinski definition) is 4. The Morgan fingerprint density at radius 1 is 1.38 bits per heavy atom. The molecular formula is C15H13N3O2S. The first-order valence-electron chi connectivity index (χ1n) is 6.32. The van der Waals surface area contributed by atoms with Crippen LogP contribution in [0, 0.1) is 0 Å². The number of rotatable bonds is 4. The normalized spacial score (nSPS) is 11.3. The van der Waals surface area contributed by atoms with Gasteiger partial charge in [0.25, 0.3) is 0 Å². The SMILES string of the molecule is CN(c1ccccc1)c1nc2sccn2c1/C=C/C(=O)O. The van der Waals surface area contributed by atoms with Gasteiger partial charge in [0.1, 0.15) is 0 Å². The number of nitrogens with zero attached hydrogens (tertiary/aromatic N) is 3. The van der Waals surface area contributed by atoms with Gasteiger partial charge in [-0.3, -0.25) is 4.40 Å². The summed E-state index contributed by atoms with van der Waals surface area (Å²) in [7, 11) is 1.92. The number of benzene rings is 1. The molecule has 0 bridgehead atoms. The lowest BCUT2D eigenvalue weighted by atomic mass is 10.3. The summed E-state index contributed by atoms with van der Waals surface area (Å²) < 4.78 is 1.89. The number of imidazole rings is 1. The lowest BCUT2D eigenvalue weighted by Crippen LogP contribution is -2.11. The molecule has 1 N–H and O–H groups in total. The Labute approximate surface area is 125 Å². The third-order valence-corrected chi connectivity index (χ3v) is 3.88. The van der Waals surface area contributed by atoms with E-state index in [1.165, 1.54) is 11.3 Å². The average molecular weight is 299 g/mol. The van der Waals surface area contributed by atoms with Crippen molar-refractivity contribution < 1.29 is 9.90 Å². The molecule has 6 heteroatoms. The number of thiazole rings is 1. The van der Waals surface area contributed by atoms with Gasteiger partial charge < -0.3 is 10.0 Å². The number of fused-ring (bicyclic) bond motifs is 1. The van der Waals surface area contributed by atoms with Gasteiger partial charge in [-0.25, -0.2) is 9.78 Å². The maximum atomic E-state index is 10.8. The molecule has 106 valence electrons. The van der Waals surface area contributed by atoms with Gasteiger partial charge >= 0.3 is 5.97 Å². The summed E-state index contributed by atoms with van der Waals surface area (Å²) in [6, 6.07) is 9.83. The maximum Gasteiger partial charge on any atom is 0.328 e. The Morgan fingerprint density at radius 3 is 2.86 bits per heavy atom. The van der Waals surface area contributed by atoms with Gasteiger partial charge in [0.2, 0.25) is 0 Å². The minimum atomic E-state index is -0.978. The lowest BCUT2D eigenvalue weighted by Gasteiger charge is -2.17. The molecule has 0 aliphatic heterocycles. The predicted octanol–water partition coefficient (Wildman–Crippen LogP) is 3.26. The zero-order valence-corrected chi connectivity index (χ0v) is 12.1. The van der Waals surface area contributed by atoms with E-state index in [2.05, 4.69) is 4.98 Å². The van der Waals surface area contributed by atoms with Crippen molar-refractivity contribution in [1.82, 2.24) is 9.38 Å². The second-order valence-electron chi connectivity index (χ2n) is 4.44. The minimum absolute atomic E-state index is 0.727. The van der Waals surface area contributed by atoms with Crippen LogP contribution in [0.2, 0.25) is 0 Å². The zero-order valence-electron chi connectivity index (χ0n) is 11.3. The van der Waals surface area contributed by atoms with Crippen molar-refractivity contribution in [1.29, 1.82) is 0 Å². The van der Waals surface area contributed by atoms with E-state index in [-0.39, 0.29) is 0 Å². The largest absolute Gasteiger partial charge is 0.478 e. The first-order valence-corrected chi connectivity index (χ1v) is 7.20. The highest BCUT2D eigenvalue weighted by atomic mass is 32.1. The predicted molar refractivity (Wildman–Crippen MR) is 84.2 cm³/mol. The molecule has 2 heterocycles. The number of carboxylic acids is 1. The maximum absolute atomic E-state index is 10.8. The van der Waals surface area contributed by atoms with Crippen molar-refractivity contribution in [3.63, 3.8) is 0 Å². The molecule has 5 nitrogen and oxygen atoms in total. The Balaban J connectivity index is 2.11. The third-order valence-electron chi connectivity index (χ3n) is 3.12. The standard InChI is InChI=1S/C15H13N3O2S/c1-17(11-5-3-2-4-6-11)14-12(7-8-13(19)20)18-9-10-21-15(18)16-14/h2-10H,1H3,(H,19,20)/b8-7+. The Hall–Kier alpha value is -2.60. The minimum Gasteiger partial charge on any atom is -0.478 e. The zero-order chi connectivity index (χ0) is 14.8. The molecule has 0 fully saturated rings. The number of carbonyl (C=O) groups is 1. The van der Waals surface area contributed by atoms with Crippen LogP contribution >= 0.6 is 11.3 Å². The molecular weight excluding hydrogens is 286 g/mol. The van der Waals surface area contributed by atoms with E-state index in [4.69, 9.17) is 5.11 Å². The molecule has 0 saturated carbocycles. The van der Waals surface area contributed by atoms with Crippen LogP contribution in [0.25, 0.3) is 11.0 Å². The fourth-order valence-electron chi connectivity index (χ4n) is 2.12. The molecule has 0 saturated heterocycles. The number of hydrogen-bond donors (Lipinski definition) is 1. The van der Waals surface area contributed by atoms with Gasteiger partial charge in [-0.1, -0.05) is 18.2 Å². The van der Waals surface area contributed by atoms with Gasteiger partial charge in [-0.15, -0.1) is 11.3 Å². The summed E-state index contributed by atoms with van der Waals surface area (Å²) in [4.78, 5) is 18.2. The number of para-hydroxylation sites is 1. The van der Waals surface area contributed by atoms with Crippen LogP contribution in [-0.4, -0.2) is 27.5 Å². The molecule has 1 aromatic carbocycles. The van der Waals surface area contributed by atoms with E-state index in [1.54, 1.807) is 6.08 Å². The van der Waals surface area contributed by atoms with E-state index in [9.17, 15) is 4.79 Å². The number of carboxylic acid groups (broad SMARTS) is 1. The van der Waals surface area contributed by atoms with Gasteiger partial charge in [0.05, 0.1) is 5.69 Å². The van der Waals surface area contributed by atoms with Crippen LogP contribution < -0.4 is 4.90 Å². The molecule has 0 unspecified atom stereocenters. The van der Waals surface area contributed by atoms with Crippen molar-refractivity contribution in [2.75, 3.05) is 11.9 Å². The second kappa shape index (κ2) is 5.41. The van der Waals surface area contributed by atoms with E-state index in [0.29, 0.717) is 0 Å². The molecule has 3 rings (SSSR count). The summed E-state index contributed by atoms with van der Waals surface area (Å²) >= 11 is 1.51. The van der Waals surface area contributed by atoms with E-state index >= 15 is 0 Å². The summed E-state index contributed by atoms with van der Waals surface area (Å²) in [5.74, 6) is -0.251. The molecule has 0 spiro atoms. The van der Waals surface area contributed by atoms with E-state index < -0.39 is 5.97 Å². The van der Waals surface area contributed by atoms with Gasteiger partial charge in [0.15, 0.2) is 10.8 Å². The molecule has 0 atom stereocenters. The second-order valence-corrected chi connectivity index (χ2v) is 5.32. The molecule has 0 radical (unpaired) electrons. The van der Waals surface area contributed by atoms with Crippen molar-refractivity contribution in [3.05, 3.63) is 53.7 Å². The first kappa shape index (κ1) is 13.4. The van der Waals surface area contributed by atoms with Crippen molar-refractivity contribution in [3.8, 4) is 0 Å². The number of anilines is 2. The molecule has 0 amide bonds. The number of aliphatic carboxylic acids is 1. The van der Waals surface area contributed by atoms with Crippen LogP contribution in [0.5, 0.6) is 0 Å². The van der Waals surface area contributed by atoms with Crippen LogP contribution in [0.1, 0.15) is 5.69 Å². The average Bonchev–Trinajstić information content (AvgIpc) is 3.06. The highest BCUT2D eigenvalue weighted by molar-refractivity contribution is 7.15.